The number of amides is 1. The Labute approximate surface area is 135 Å². The summed E-state index contributed by atoms with van der Waals surface area (Å²) in [5.41, 5.74) is 0.442. The maximum Gasteiger partial charge on any atom is 0.586 e. The number of carbonyl (C=O) groups excluding carboxylic acids is 1. The van der Waals surface area contributed by atoms with Crippen LogP contribution in [0.4, 0.5) is 14.5 Å². The van der Waals surface area contributed by atoms with Gasteiger partial charge < -0.3 is 14.8 Å². The minimum atomic E-state index is -3.73. The van der Waals surface area contributed by atoms with Crippen molar-refractivity contribution in [1.29, 1.82) is 0 Å². The highest BCUT2D eigenvalue weighted by molar-refractivity contribution is 7.90. The summed E-state index contributed by atoms with van der Waals surface area (Å²) in [7, 11) is -3.36. The topological polar surface area (TPSA) is 81.7 Å². The van der Waals surface area contributed by atoms with E-state index in [2.05, 4.69) is 14.8 Å². The van der Waals surface area contributed by atoms with Crippen molar-refractivity contribution >= 4 is 21.4 Å². The highest BCUT2D eigenvalue weighted by Gasteiger charge is 2.43. The largest absolute Gasteiger partial charge is 0.586 e. The number of ether oxygens (including phenoxy) is 2. The van der Waals surface area contributed by atoms with Crippen molar-refractivity contribution in [2.24, 2.45) is 0 Å². The van der Waals surface area contributed by atoms with E-state index in [1.54, 1.807) is 0 Å². The molecule has 0 radical (unpaired) electrons. The normalized spacial score (nSPS) is 15.1. The first-order chi connectivity index (χ1) is 11.1. The smallest absolute Gasteiger partial charge is 0.395 e. The van der Waals surface area contributed by atoms with E-state index in [0.717, 1.165) is 6.26 Å². The van der Waals surface area contributed by atoms with Gasteiger partial charge >= 0.3 is 6.29 Å². The van der Waals surface area contributed by atoms with Gasteiger partial charge in [-0.1, -0.05) is 0 Å². The minimum absolute atomic E-state index is 0.0874. The maximum absolute atomic E-state index is 12.9. The van der Waals surface area contributed by atoms with Gasteiger partial charge in [0.05, 0.1) is 4.90 Å². The molecule has 0 saturated heterocycles. The number of hydrogen-bond donors (Lipinski definition) is 1. The van der Waals surface area contributed by atoms with Gasteiger partial charge in [-0.2, -0.15) is 0 Å². The predicted octanol–water partition coefficient (Wildman–Crippen LogP) is 2.66. The zero-order valence-electron chi connectivity index (χ0n) is 12.2. The van der Waals surface area contributed by atoms with Crippen molar-refractivity contribution in [2.75, 3.05) is 11.6 Å². The molecule has 3 rings (SSSR count). The van der Waals surface area contributed by atoms with E-state index in [0.29, 0.717) is 0 Å². The average molecular weight is 355 g/mol. The SMILES string of the molecule is CS(=O)(=O)c1ccc(C(=O)Nc2ccc3c(c2)OC(F)(F)O3)cc1. The molecule has 2 aromatic rings. The lowest BCUT2D eigenvalue weighted by Gasteiger charge is -2.07. The number of rotatable bonds is 3. The Kier molecular flexibility index (Phi) is 3.67. The minimum Gasteiger partial charge on any atom is -0.395 e. The summed E-state index contributed by atoms with van der Waals surface area (Å²) >= 11 is 0. The van der Waals surface area contributed by atoms with Gasteiger partial charge in [0, 0.05) is 23.6 Å². The van der Waals surface area contributed by atoms with Gasteiger partial charge in [-0.15, -0.1) is 8.78 Å². The van der Waals surface area contributed by atoms with Crippen molar-refractivity contribution in [2.45, 2.75) is 11.2 Å². The molecule has 24 heavy (non-hydrogen) atoms. The Morgan fingerprint density at radius 1 is 1.04 bits per heavy atom. The summed E-state index contributed by atoms with van der Waals surface area (Å²) in [5.74, 6) is -0.846. The van der Waals surface area contributed by atoms with Crippen LogP contribution in [-0.2, 0) is 9.84 Å². The van der Waals surface area contributed by atoms with E-state index in [4.69, 9.17) is 0 Å². The Hall–Kier alpha value is -2.68. The van der Waals surface area contributed by atoms with Crippen molar-refractivity contribution in [3.63, 3.8) is 0 Å². The fourth-order valence-corrected chi connectivity index (χ4v) is 2.71. The van der Waals surface area contributed by atoms with Crippen LogP contribution in [0, 0.1) is 0 Å². The fourth-order valence-electron chi connectivity index (χ4n) is 2.08. The highest BCUT2D eigenvalue weighted by Crippen LogP contribution is 2.42. The van der Waals surface area contributed by atoms with Crippen LogP contribution in [0.1, 0.15) is 10.4 Å². The molecule has 0 aromatic heterocycles. The van der Waals surface area contributed by atoms with E-state index < -0.39 is 22.0 Å². The Balaban J connectivity index is 1.76. The maximum atomic E-state index is 12.9. The van der Waals surface area contributed by atoms with Crippen molar-refractivity contribution in [1.82, 2.24) is 0 Å². The van der Waals surface area contributed by atoms with Crippen LogP contribution in [-0.4, -0.2) is 26.9 Å². The molecular weight excluding hydrogens is 344 g/mol. The molecule has 9 heteroatoms. The van der Waals surface area contributed by atoms with E-state index in [1.807, 2.05) is 0 Å². The first-order valence-electron chi connectivity index (χ1n) is 6.65. The number of carbonyl (C=O) groups is 1. The average Bonchev–Trinajstić information content (AvgIpc) is 2.79. The molecule has 0 spiro atoms. The third-order valence-electron chi connectivity index (χ3n) is 3.20. The van der Waals surface area contributed by atoms with E-state index in [1.165, 1.54) is 42.5 Å². The number of nitrogens with one attached hydrogen (secondary N) is 1. The number of hydrogen-bond acceptors (Lipinski definition) is 5. The zero-order chi connectivity index (χ0) is 17.5. The van der Waals surface area contributed by atoms with E-state index >= 15 is 0 Å². The van der Waals surface area contributed by atoms with Gasteiger partial charge in [0.1, 0.15) is 0 Å². The van der Waals surface area contributed by atoms with Gasteiger partial charge in [-0.3, -0.25) is 4.79 Å². The summed E-state index contributed by atoms with van der Waals surface area (Å²) in [4.78, 5) is 12.2. The molecule has 1 amide bonds. The van der Waals surface area contributed by atoms with Gasteiger partial charge in [0.2, 0.25) is 0 Å². The lowest BCUT2D eigenvalue weighted by Crippen LogP contribution is -2.25. The van der Waals surface area contributed by atoms with Crippen LogP contribution in [0.3, 0.4) is 0 Å². The molecule has 1 aliphatic heterocycles. The van der Waals surface area contributed by atoms with Crippen LogP contribution in [0.15, 0.2) is 47.4 Å². The molecule has 2 aromatic carbocycles. The monoisotopic (exact) mass is 355 g/mol. The molecule has 0 bridgehead atoms. The fraction of sp³-hybridized carbons (Fsp3) is 0.133. The lowest BCUT2D eigenvalue weighted by molar-refractivity contribution is -0.286. The summed E-state index contributed by atoms with van der Waals surface area (Å²) in [5, 5.41) is 2.50. The Bertz CT molecular complexity index is 910. The first kappa shape index (κ1) is 16.2. The summed E-state index contributed by atoms with van der Waals surface area (Å²) in [6.07, 6.45) is -2.67. The van der Waals surface area contributed by atoms with Crippen LogP contribution >= 0.6 is 0 Å². The summed E-state index contributed by atoms with van der Waals surface area (Å²) in [6.45, 7) is 0. The van der Waals surface area contributed by atoms with Gasteiger partial charge in [-0.05, 0) is 36.4 Å². The highest BCUT2D eigenvalue weighted by atomic mass is 32.2. The molecule has 126 valence electrons. The van der Waals surface area contributed by atoms with Crippen molar-refractivity contribution < 1.29 is 31.5 Å². The second kappa shape index (κ2) is 5.45. The standard InChI is InChI=1S/C15H11F2NO5S/c1-24(20,21)11-5-2-9(3-6-11)14(19)18-10-4-7-12-13(8-10)23-15(16,17)22-12/h2-8H,1H3,(H,18,19). The number of fused-ring (bicyclic) bond motifs is 1. The molecule has 1 heterocycles. The third kappa shape index (κ3) is 3.30. The number of alkyl halides is 2. The molecule has 1 aliphatic rings. The predicted molar refractivity (Wildman–Crippen MR) is 80.2 cm³/mol. The Morgan fingerprint density at radius 2 is 1.67 bits per heavy atom. The molecule has 0 atom stereocenters. The number of anilines is 1. The number of benzene rings is 2. The Morgan fingerprint density at radius 3 is 2.29 bits per heavy atom. The quantitative estimate of drug-likeness (QED) is 0.915. The number of sulfone groups is 1. The lowest BCUT2D eigenvalue weighted by atomic mass is 10.2. The van der Waals surface area contributed by atoms with E-state index in [9.17, 15) is 22.0 Å². The van der Waals surface area contributed by atoms with Crippen molar-refractivity contribution in [3.05, 3.63) is 48.0 Å². The number of halogens is 2. The molecule has 0 fully saturated rings. The molecule has 0 unspecified atom stereocenters. The third-order valence-corrected chi connectivity index (χ3v) is 4.33. The van der Waals surface area contributed by atoms with Crippen LogP contribution in [0.25, 0.3) is 0 Å². The zero-order valence-corrected chi connectivity index (χ0v) is 13.1. The molecule has 1 N–H and O–H groups in total. The molecular formula is C15H11F2NO5S. The van der Waals surface area contributed by atoms with Crippen LogP contribution in [0.5, 0.6) is 11.5 Å². The molecule has 0 aliphatic carbocycles. The van der Waals surface area contributed by atoms with Crippen LogP contribution in [0.2, 0.25) is 0 Å². The van der Waals surface area contributed by atoms with Crippen molar-refractivity contribution in [3.8, 4) is 11.5 Å². The van der Waals surface area contributed by atoms with Gasteiger partial charge in [0.15, 0.2) is 21.3 Å². The van der Waals surface area contributed by atoms with E-state index in [-0.39, 0.29) is 27.6 Å². The second-order valence-electron chi connectivity index (χ2n) is 5.08. The molecule has 0 saturated carbocycles. The molecule has 6 nitrogen and oxygen atoms in total. The van der Waals surface area contributed by atoms with Gasteiger partial charge in [-0.25, -0.2) is 8.42 Å². The summed E-state index contributed by atoms with van der Waals surface area (Å²) < 4.78 is 57.2. The van der Waals surface area contributed by atoms with Gasteiger partial charge in [0.25, 0.3) is 5.91 Å². The summed E-state index contributed by atoms with van der Waals surface area (Å²) in [6, 6.07) is 9.17. The van der Waals surface area contributed by atoms with Crippen LogP contribution < -0.4 is 14.8 Å². The second-order valence-corrected chi connectivity index (χ2v) is 7.10. The first-order valence-corrected chi connectivity index (χ1v) is 8.55.